The number of amides is 2. The number of para-hydroxylation sites is 1. The molecular formula is C18H20F3N3O. The van der Waals surface area contributed by atoms with Crippen molar-refractivity contribution in [3.8, 4) is 0 Å². The predicted octanol–water partition coefficient (Wildman–Crippen LogP) is 4.13. The Kier molecular flexibility index (Phi) is 6.03. The summed E-state index contributed by atoms with van der Waals surface area (Å²) in [5, 5.41) is 4.90. The molecule has 0 unspecified atom stereocenters. The lowest BCUT2D eigenvalue weighted by molar-refractivity contribution is -0.136. The van der Waals surface area contributed by atoms with Gasteiger partial charge in [0.2, 0.25) is 0 Å². The number of benzene rings is 2. The molecule has 0 fully saturated rings. The number of halogens is 3. The van der Waals surface area contributed by atoms with Gasteiger partial charge in [-0.25, -0.2) is 4.79 Å². The Morgan fingerprint density at radius 1 is 1.04 bits per heavy atom. The van der Waals surface area contributed by atoms with E-state index in [9.17, 15) is 18.0 Å². The minimum absolute atomic E-state index is 0.0928. The van der Waals surface area contributed by atoms with Crippen molar-refractivity contribution in [1.29, 1.82) is 0 Å². The van der Waals surface area contributed by atoms with Gasteiger partial charge in [-0.3, -0.25) is 0 Å². The van der Waals surface area contributed by atoms with Crippen LogP contribution in [0.25, 0.3) is 0 Å². The van der Waals surface area contributed by atoms with Crippen molar-refractivity contribution in [3.63, 3.8) is 0 Å². The summed E-state index contributed by atoms with van der Waals surface area (Å²) in [5.41, 5.74) is -0.144. The zero-order chi connectivity index (χ0) is 18.4. The summed E-state index contributed by atoms with van der Waals surface area (Å²) in [4.78, 5) is 14.0. The first-order valence-corrected chi connectivity index (χ1v) is 7.71. The smallest absolute Gasteiger partial charge is 0.336 e. The fourth-order valence-corrected chi connectivity index (χ4v) is 2.47. The molecule has 4 nitrogen and oxygen atoms in total. The van der Waals surface area contributed by atoms with Crippen molar-refractivity contribution in [2.45, 2.75) is 12.2 Å². The molecule has 7 heteroatoms. The van der Waals surface area contributed by atoms with E-state index in [0.717, 1.165) is 11.6 Å². The molecule has 2 rings (SSSR count). The van der Waals surface area contributed by atoms with Crippen LogP contribution in [0.15, 0.2) is 54.6 Å². The van der Waals surface area contributed by atoms with Gasteiger partial charge in [0.05, 0.1) is 17.3 Å². The van der Waals surface area contributed by atoms with E-state index < -0.39 is 17.8 Å². The van der Waals surface area contributed by atoms with Crippen molar-refractivity contribution in [2.75, 3.05) is 26.0 Å². The molecule has 1 atom stereocenters. The summed E-state index contributed by atoms with van der Waals surface area (Å²) in [7, 11) is 3.74. The molecular weight excluding hydrogens is 331 g/mol. The summed E-state index contributed by atoms with van der Waals surface area (Å²) < 4.78 is 38.9. The maximum absolute atomic E-state index is 13.0. The van der Waals surface area contributed by atoms with Gasteiger partial charge >= 0.3 is 12.2 Å². The Balaban J connectivity index is 2.03. The third-order valence-corrected chi connectivity index (χ3v) is 3.74. The Hall–Kier alpha value is -2.54. The molecule has 0 radical (unpaired) electrons. The summed E-state index contributed by atoms with van der Waals surface area (Å²) in [6.45, 7) is 0.261. The second-order valence-electron chi connectivity index (χ2n) is 5.77. The molecule has 0 heterocycles. The predicted molar refractivity (Wildman–Crippen MR) is 91.3 cm³/mol. The Labute approximate surface area is 144 Å². The zero-order valence-electron chi connectivity index (χ0n) is 14.0. The average Bonchev–Trinajstić information content (AvgIpc) is 2.55. The number of rotatable bonds is 5. The van der Waals surface area contributed by atoms with Crippen molar-refractivity contribution < 1.29 is 18.0 Å². The number of hydrogen-bond acceptors (Lipinski definition) is 2. The van der Waals surface area contributed by atoms with Crippen LogP contribution < -0.4 is 10.6 Å². The molecule has 0 saturated heterocycles. The highest BCUT2D eigenvalue weighted by atomic mass is 19.4. The van der Waals surface area contributed by atoms with Gasteiger partial charge in [0.1, 0.15) is 0 Å². The normalized spacial score (nSPS) is 12.7. The van der Waals surface area contributed by atoms with Crippen LogP contribution in [0.5, 0.6) is 0 Å². The van der Waals surface area contributed by atoms with Crippen molar-refractivity contribution >= 4 is 11.7 Å². The fraction of sp³-hybridized carbons (Fsp3) is 0.278. The number of urea groups is 1. The molecule has 2 amide bonds. The second-order valence-corrected chi connectivity index (χ2v) is 5.77. The molecule has 2 N–H and O–H groups in total. The summed E-state index contributed by atoms with van der Waals surface area (Å²) >= 11 is 0. The lowest BCUT2D eigenvalue weighted by Gasteiger charge is -2.25. The van der Waals surface area contributed by atoms with Crippen molar-refractivity contribution in [3.05, 3.63) is 65.7 Å². The van der Waals surface area contributed by atoms with Crippen LogP contribution in [0.4, 0.5) is 23.7 Å². The Morgan fingerprint density at radius 3 is 2.24 bits per heavy atom. The van der Waals surface area contributed by atoms with E-state index in [0.29, 0.717) is 0 Å². The van der Waals surface area contributed by atoms with Crippen LogP contribution in [0, 0.1) is 0 Å². The fourth-order valence-electron chi connectivity index (χ4n) is 2.47. The molecule has 2 aromatic rings. The molecule has 134 valence electrons. The number of carbonyl (C=O) groups is 1. The van der Waals surface area contributed by atoms with Gasteiger partial charge in [0, 0.05) is 6.54 Å². The topological polar surface area (TPSA) is 44.4 Å². The van der Waals surface area contributed by atoms with E-state index >= 15 is 0 Å². The van der Waals surface area contributed by atoms with E-state index in [1.165, 1.54) is 18.2 Å². The zero-order valence-corrected chi connectivity index (χ0v) is 14.0. The summed E-state index contributed by atoms with van der Waals surface area (Å²) in [6.07, 6.45) is -4.53. The van der Waals surface area contributed by atoms with Crippen LogP contribution in [0.1, 0.15) is 17.2 Å². The number of likely N-dealkylation sites (N-methyl/N-ethyl adjacent to an activating group) is 1. The Bertz CT molecular complexity index is 702. The molecule has 0 aliphatic rings. The number of anilines is 1. The quantitative estimate of drug-likeness (QED) is 0.851. The van der Waals surface area contributed by atoms with Crippen LogP contribution in [0.2, 0.25) is 0 Å². The second kappa shape index (κ2) is 8.02. The number of alkyl halides is 3. The van der Waals surface area contributed by atoms with Gasteiger partial charge in [-0.2, -0.15) is 13.2 Å². The van der Waals surface area contributed by atoms with Gasteiger partial charge in [-0.15, -0.1) is 0 Å². The maximum atomic E-state index is 13.0. The highest BCUT2D eigenvalue weighted by Crippen LogP contribution is 2.34. The van der Waals surface area contributed by atoms with Gasteiger partial charge in [-0.1, -0.05) is 42.5 Å². The monoisotopic (exact) mass is 351 g/mol. The average molecular weight is 351 g/mol. The molecule has 0 aromatic heterocycles. The third kappa shape index (κ3) is 5.22. The minimum atomic E-state index is -4.53. The molecule has 0 bridgehead atoms. The molecule has 0 aliphatic carbocycles. The Morgan fingerprint density at radius 2 is 1.64 bits per heavy atom. The van der Waals surface area contributed by atoms with Crippen LogP contribution in [-0.2, 0) is 6.18 Å². The highest BCUT2D eigenvalue weighted by molar-refractivity contribution is 5.90. The third-order valence-electron chi connectivity index (χ3n) is 3.74. The van der Waals surface area contributed by atoms with Gasteiger partial charge in [-0.05, 0) is 31.8 Å². The van der Waals surface area contributed by atoms with Crippen molar-refractivity contribution in [1.82, 2.24) is 10.2 Å². The standard InChI is InChI=1S/C18H20F3N3O/c1-24(2)16(13-8-4-3-5-9-13)12-22-17(25)23-15-11-7-6-10-14(15)18(19,20)21/h3-11,16H,12H2,1-2H3,(H2,22,23,25)/t16-/m1/s1. The van der Waals surface area contributed by atoms with E-state index in [2.05, 4.69) is 10.6 Å². The molecule has 0 aliphatic heterocycles. The van der Waals surface area contributed by atoms with E-state index in [1.54, 1.807) is 0 Å². The van der Waals surface area contributed by atoms with Gasteiger partial charge in [0.15, 0.2) is 0 Å². The van der Waals surface area contributed by atoms with Crippen LogP contribution >= 0.6 is 0 Å². The molecule has 2 aromatic carbocycles. The van der Waals surface area contributed by atoms with E-state index in [4.69, 9.17) is 0 Å². The summed E-state index contributed by atoms with van der Waals surface area (Å²) in [6, 6.07) is 13.7. The number of carbonyl (C=O) groups excluding carboxylic acids is 1. The van der Waals surface area contributed by atoms with Gasteiger partial charge in [0.25, 0.3) is 0 Å². The molecule has 0 spiro atoms. The number of nitrogens with one attached hydrogen (secondary N) is 2. The molecule has 0 saturated carbocycles. The molecule has 25 heavy (non-hydrogen) atoms. The summed E-state index contributed by atoms with van der Waals surface area (Å²) in [5.74, 6) is 0. The number of hydrogen-bond donors (Lipinski definition) is 2. The van der Waals surface area contributed by atoms with Gasteiger partial charge < -0.3 is 15.5 Å². The van der Waals surface area contributed by atoms with Crippen LogP contribution in [0.3, 0.4) is 0 Å². The number of nitrogens with zero attached hydrogens (tertiary/aromatic N) is 1. The van der Waals surface area contributed by atoms with E-state index in [1.807, 2.05) is 49.3 Å². The largest absolute Gasteiger partial charge is 0.418 e. The first-order valence-electron chi connectivity index (χ1n) is 7.71. The minimum Gasteiger partial charge on any atom is -0.336 e. The van der Waals surface area contributed by atoms with Crippen LogP contribution in [-0.4, -0.2) is 31.6 Å². The lowest BCUT2D eigenvalue weighted by Crippen LogP contribution is -2.37. The lowest BCUT2D eigenvalue weighted by atomic mass is 10.1. The highest BCUT2D eigenvalue weighted by Gasteiger charge is 2.33. The first-order chi connectivity index (χ1) is 11.8. The maximum Gasteiger partial charge on any atom is 0.418 e. The van der Waals surface area contributed by atoms with Crippen molar-refractivity contribution in [2.24, 2.45) is 0 Å². The first kappa shape index (κ1) is 18.8. The van der Waals surface area contributed by atoms with E-state index in [-0.39, 0.29) is 18.3 Å². The SMILES string of the molecule is CN(C)[C@H](CNC(=O)Nc1ccccc1C(F)(F)F)c1ccccc1.